The van der Waals surface area contributed by atoms with E-state index in [4.69, 9.17) is 0 Å². The van der Waals surface area contributed by atoms with Crippen LogP contribution in [0, 0.1) is 0 Å². The summed E-state index contributed by atoms with van der Waals surface area (Å²) in [6, 6.07) is 1.94. The topological polar surface area (TPSA) is 49.3 Å². The Bertz CT molecular complexity index is 472. The minimum absolute atomic E-state index is 0.287. The van der Waals surface area contributed by atoms with E-state index in [1.807, 2.05) is 24.2 Å². The summed E-state index contributed by atoms with van der Waals surface area (Å²) in [5, 5.41) is 0. The van der Waals surface area contributed by atoms with Crippen molar-refractivity contribution < 1.29 is 4.79 Å². The van der Waals surface area contributed by atoms with E-state index >= 15 is 0 Å². The van der Waals surface area contributed by atoms with E-state index in [1.165, 1.54) is 12.8 Å². The standard InChI is InChI=1S/C14H20N4O/c1-17(9-10-18-8-2-3-13(18)19)12-6-7-15-14(16-12)11-4-5-11/h6-7,11H,2-5,8-10H2,1H3. The molecule has 1 aromatic rings. The molecule has 0 bridgehead atoms. The van der Waals surface area contributed by atoms with Crippen LogP contribution in [-0.4, -0.2) is 47.5 Å². The van der Waals surface area contributed by atoms with Crippen LogP contribution in [0.2, 0.25) is 0 Å². The van der Waals surface area contributed by atoms with Gasteiger partial charge in [-0.25, -0.2) is 9.97 Å². The fraction of sp³-hybridized carbons (Fsp3) is 0.643. The maximum Gasteiger partial charge on any atom is 0.222 e. The van der Waals surface area contributed by atoms with Gasteiger partial charge in [-0.2, -0.15) is 0 Å². The Morgan fingerprint density at radius 1 is 1.47 bits per heavy atom. The average Bonchev–Trinajstić information content (AvgIpc) is 3.20. The molecule has 1 saturated carbocycles. The second-order valence-electron chi connectivity index (χ2n) is 5.45. The monoisotopic (exact) mass is 260 g/mol. The average molecular weight is 260 g/mol. The number of amides is 1. The Morgan fingerprint density at radius 2 is 2.32 bits per heavy atom. The van der Waals surface area contributed by atoms with Gasteiger partial charge in [-0.15, -0.1) is 0 Å². The number of hydrogen-bond donors (Lipinski definition) is 0. The molecule has 102 valence electrons. The molecule has 0 atom stereocenters. The third kappa shape index (κ3) is 2.85. The van der Waals surface area contributed by atoms with Crippen LogP contribution in [0.25, 0.3) is 0 Å². The summed E-state index contributed by atoms with van der Waals surface area (Å²) >= 11 is 0. The highest BCUT2D eigenvalue weighted by Crippen LogP contribution is 2.38. The molecule has 2 fully saturated rings. The molecule has 19 heavy (non-hydrogen) atoms. The Morgan fingerprint density at radius 3 is 3.00 bits per heavy atom. The van der Waals surface area contributed by atoms with Gasteiger partial charge in [-0.05, 0) is 25.3 Å². The number of likely N-dealkylation sites (tertiary alicyclic amines) is 1. The normalized spacial score (nSPS) is 19.0. The molecule has 0 N–H and O–H groups in total. The predicted octanol–water partition coefficient (Wildman–Crippen LogP) is 1.41. The number of likely N-dealkylation sites (N-methyl/N-ethyl adjacent to an activating group) is 1. The number of aromatic nitrogens is 2. The minimum atomic E-state index is 0.287. The molecule has 2 aliphatic rings. The molecule has 1 amide bonds. The lowest BCUT2D eigenvalue weighted by Crippen LogP contribution is -2.34. The van der Waals surface area contributed by atoms with Crippen LogP contribution in [-0.2, 0) is 4.79 Å². The van der Waals surface area contributed by atoms with Crippen LogP contribution in [0.3, 0.4) is 0 Å². The van der Waals surface area contributed by atoms with Gasteiger partial charge in [0.2, 0.25) is 5.91 Å². The number of nitrogens with zero attached hydrogens (tertiary/aromatic N) is 4. The Labute approximate surface area is 113 Å². The van der Waals surface area contributed by atoms with Gasteiger partial charge in [0.1, 0.15) is 11.6 Å². The fourth-order valence-electron chi connectivity index (χ4n) is 2.44. The zero-order chi connectivity index (χ0) is 13.2. The molecule has 0 spiro atoms. The number of carbonyl (C=O) groups excluding carboxylic acids is 1. The first kappa shape index (κ1) is 12.4. The van der Waals surface area contributed by atoms with Gasteiger partial charge in [0, 0.05) is 45.2 Å². The molecule has 1 aliphatic heterocycles. The number of carbonyl (C=O) groups is 1. The smallest absolute Gasteiger partial charge is 0.222 e. The van der Waals surface area contributed by atoms with Gasteiger partial charge in [-0.3, -0.25) is 4.79 Å². The molecular weight excluding hydrogens is 240 g/mol. The minimum Gasteiger partial charge on any atom is -0.358 e. The van der Waals surface area contributed by atoms with Gasteiger partial charge in [0.15, 0.2) is 0 Å². The van der Waals surface area contributed by atoms with Crippen molar-refractivity contribution in [2.45, 2.75) is 31.6 Å². The SMILES string of the molecule is CN(CCN1CCCC1=O)c1ccnc(C2CC2)n1. The van der Waals surface area contributed by atoms with Crippen molar-refractivity contribution in [2.24, 2.45) is 0 Å². The molecule has 1 aromatic heterocycles. The van der Waals surface area contributed by atoms with Gasteiger partial charge in [0.25, 0.3) is 0 Å². The molecular formula is C14H20N4O. The molecule has 3 rings (SSSR count). The second-order valence-corrected chi connectivity index (χ2v) is 5.45. The molecule has 5 nitrogen and oxygen atoms in total. The lowest BCUT2D eigenvalue weighted by atomic mass is 10.4. The van der Waals surface area contributed by atoms with Crippen molar-refractivity contribution >= 4 is 11.7 Å². The highest BCUT2D eigenvalue weighted by Gasteiger charge is 2.27. The Balaban J connectivity index is 1.58. The van der Waals surface area contributed by atoms with Gasteiger partial charge < -0.3 is 9.80 Å². The van der Waals surface area contributed by atoms with E-state index in [2.05, 4.69) is 14.9 Å². The third-order valence-electron chi connectivity index (χ3n) is 3.87. The highest BCUT2D eigenvalue weighted by atomic mass is 16.2. The summed E-state index contributed by atoms with van der Waals surface area (Å²) in [5.41, 5.74) is 0. The van der Waals surface area contributed by atoms with Crippen molar-refractivity contribution in [3.05, 3.63) is 18.1 Å². The number of anilines is 1. The van der Waals surface area contributed by atoms with Crippen LogP contribution in [0.15, 0.2) is 12.3 Å². The van der Waals surface area contributed by atoms with Crippen molar-refractivity contribution in [1.29, 1.82) is 0 Å². The Kier molecular flexibility index (Phi) is 3.36. The predicted molar refractivity (Wildman–Crippen MR) is 73.1 cm³/mol. The first-order valence-corrected chi connectivity index (χ1v) is 7.06. The zero-order valence-corrected chi connectivity index (χ0v) is 11.4. The van der Waals surface area contributed by atoms with E-state index < -0.39 is 0 Å². The van der Waals surface area contributed by atoms with Crippen LogP contribution in [0.1, 0.15) is 37.4 Å². The summed E-state index contributed by atoms with van der Waals surface area (Å²) in [6.45, 7) is 2.52. The largest absolute Gasteiger partial charge is 0.358 e. The molecule has 2 heterocycles. The van der Waals surface area contributed by atoms with Crippen LogP contribution >= 0.6 is 0 Å². The quantitative estimate of drug-likeness (QED) is 0.803. The third-order valence-corrected chi connectivity index (χ3v) is 3.87. The summed E-state index contributed by atoms with van der Waals surface area (Å²) in [4.78, 5) is 24.6. The lowest BCUT2D eigenvalue weighted by Gasteiger charge is -2.22. The van der Waals surface area contributed by atoms with Gasteiger partial charge in [0.05, 0.1) is 0 Å². The second kappa shape index (κ2) is 5.15. The van der Waals surface area contributed by atoms with E-state index in [1.54, 1.807) is 0 Å². The van der Waals surface area contributed by atoms with Crippen molar-refractivity contribution in [3.63, 3.8) is 0 Å². The Hall–Kier alpha value is -1.65. The molecule has 0 radical (unpaired) electrons. The first-order chi connectivity index (χ1) is 9.24. The van der Waals surface area contributed by atoms with E-state index in [-0.39, 0.29) is 5.91 Å². The van der Waals surface area contributed by atoms with Crippen molar-refractivity contribution in [3.8, 4) is 0 Å². The fourth-order valence-corrected chi connectivity index (χ4v) is 2.44. The molecule has 5 heteroatoms. The number of rotatable bonds is 5. The first-order valence-electron chi connectivity index (χ1n) is 7.06. The van der Waals surface area contributed by atoms with Crippen molar-refractivity contribution in [2.75, 3.05) is 31.6 Å². The maximum absolute atomic E-state index is 11.6. The molecule has 1 aliphatic carbocycles. The molecule has 0 aromatic carbocycles. The van der Waals surface area contributed by atoms with Gasteiger partial charge in [-0.1, -0.05) is 0 Å². The van der Waals surface area contributed by atoms with E-state index in [9.17, 15) is 4.79 Å². The summed E-state index contributed by atoms with van der Waals surface area (Å²) < 4.78 is 0. The summed E-state index contributed by atoms with van der Waals surface area (Å²) in [7, 11) is 2.03. The maximum atomic E-state index is 11.6. The summed E-state index contributed by atoms with van der Waals surface area (Å²) in [6.07, 6.45) is 5.99. The lowest BCUT2D eigenvalue weighted by molar-refractivity contribution is -0.127. The summed E-state index contributed by atoms with van der Waals surface area (Å²) in [5.74, 6) is 2.80. The van der Waals surface area contributed by atoms with E-state index in [0.29, 0.717) is 12.3 Å². The van der Waals surface area contributed by atoms with E-state index in [0.717, 1.165) is 37.7 Å². The van der Waals surface area contributed by atoms with Gasteiger partial charge >= 0.3 is 0 Å². The molecule has 1 saturated heterocycles. The zero-order valence-electron chi connectivity index (χ0n) is 11.4. The van der Waals surface area contributed by atoms with Crippen LogP contribution in [0.4, 0.5) is 5.82 Å². The molecule has 0 unspecified atom stereocenters. The van der Waals surface area contributed by atoms with Crippen molar-refractivity contribution in [1.82, 2.24) is 14.9 Å². The number of hydrogen-bond acceptors (Lipinski definition) is 4. The van der Waals surface area contributed by atoms with Crippen LogP contribution < -0.4 is 4.90 Å². The van der Waals surface area contributed by atoms with Crippen LogP contribution in [0.5, 0.6) is 0 Å². The highest BCUT2D eigenvalue weighted by molar-refractivity contribution is 5.78.